The largest absolute Gasteiger partial charge is 0.0843 e. The second kappa shape index (κ2) is 6.52. The Morgan fingerprint density at radius 2 is 1.65 bits per heavy atom. The molecule has 0 heterocycles. The maximum Gasteiger partial charge on any atom is 0.0406 e. The monoisotopic (exact) mass is 290 g/mol. The van der Waals surface area contributed by atoms with Crippen LogP contribution in [-0.2, 0) is 0 Å². The number of rotatable bonds is 3. The lowest BCUT2D eigenvalue weighted by Gasteiger charge is -2.42. The first-order valence-corrected chi connectivity index (χ1v) is 8.89. The Balaban J connectivity index is 1.61. The van der Waals surface area contributed by atoms with Crippen LogP contribution in [0.2, 0.25) is 5.02 Å². The molecule has 0 amide bonds. The molecule has 0 aromatic heterocycles. The van der Waals surface area contributed by atoms with Gasteiger partial charge in [-0.1, -0.05) is 49.9 Å². The summed E-state index contributed by atoms with van der Waals surface area (Å²) in [4.78, 5) is 0. The lowest BCUT2D eigenvalue weighted by Crippen LogP contribution is -2.30. The first-order valence-electron chi connectivity index (χ1n) is 8.51. The van der Waals surface area contributed by atoms with Crippen molar-refractivity contribution >= 4 is 11.6 Å². The Labute approximate surface area is 128 Å². The van der Waals surface area contributed by atoms with Crippen LogP contribution in [0.15, 0.2) is 24.3 Å². The van der Waals surface area contributed by atoms with Crippen molar-refractivity contribution in [1.82, 2.24) is 0 Å². The SMILES string of the molecule is CCCC1CC[C@@H]2C[C@H](c3ccc(Cl)cc3)CC[C@@H]2C1. The molecule has 0 nitrogen and oxygen atoms in total. The van der Waals surface area contributed by atoms with Crippen molar-refractivity contribution in [2.75, 3.05) is 0 Å². The summed E-state index contributed by atoms with van der Waals surface area (Å²) in [5.74, 6) is 3.85. The van der Waals surface area contributed by atoms with Crippen LogP contribution in [0.3, 0.4) is 0 Å². The van der Waals surface area contributed by atoms with Gasteiger partial charge in [-0.25, -0.2) is 0 Å². The summed E-state index contributed by atoms with van der Waals surface area (Å²) in [6.45, 7) is 2.34. The van der Waals surface area contributed by atoms with Gasteiger partial charge in [0.15, 0.2) is 0 Å². The molecule has 110 valence electrons. The van der Waals surface area contributed by atoms with Crippen molar-refractivity contribution in [2.24, 2.45) is 17.8 Å². The Morgan fingerprint density at radius 3 is 2.40 bits per heavy atom. The zero-order valence-corrected chi connectivity index (χ0v) is 13.4. The highest BCUT2D eigenvalue weighted by molar-refractivity contribution is 6.30. The van der Waals surface area contributed by atoms with Gasteiger partial charge in [0.1, 0.15) is 0 Å². The van der Waals surface area contributed by atoms with Gasteiger partial charge < -0.3 is 0 Å². The molecule has 0 spiro atoms. The lowest BCUT2D eigenvalue weighted by molar-refractivity contribution is 0.114. The number of fused-ring (bicyclic) bond motifs is 1. The Kier molecular flexibility index (Phi) is 4.71. The van der Waals surface area contributed by atoms with Crippen LogP contribution in [0.5, 0.6) is 0 Å². The van der Waals surface area contributed by atoms with E-state index in [-0.39, 0.29) is 0 Å². The Bertz CT molecular complexity index is 422. The van der Waals surface area contributed by atoms with E-state index in [1.54, 1.807) is 0 Å². The smallest absolute Gasteiger partial charge is 0.0406 e. The molecule has 4 atom stereocenters. The van der Waals surface area contributed by atoms with Gasteiger partial charge in [0.2, 0.25) is 0 Å². The zero-order chi connectivity index (χ0) is 13.9. The molecule has 2 aliphatic carbocycles. The maximum atomic E-state index is 6.01. The Hall–Kier alpha value is -0.490. The predicted octanol–water partition coefficient (Wildman–Crippen LogP) is 6.44. The van der Waals surface area contributed by atoms with Gasteiger partial charge in [0, 0.05) is 5.02 Å². The third-order valence-corrected chi connectivity index (χ3v) is 6.01. The number of hydrogen-bond donors (Lipinski definition) is 0. The molecule has 0 aliphatic heterocycles. The van der Waals surface area contributed by atoms with E-state index in [0.29, 0.717) is 0 Å². The molecule has 0 bridgehead atoms. The van der Waals surface area contributed by atoms with E-state index < -0.39 is 0 Å². The van der Waals surface area contributed by atoms with Gasteiger partial charge in [0.05, 0.1) is 0 Å². The van der Waals surface area contributed by atoms with Crippen molar-refractivity contribution in [3.8, 4) is 0 Å². The minimum absolute atomic E-state index is 0.788. The summed E-state index contributed by atoms with van der Waals surface area (Å²) >= 11 is 6.01. The molecule has 1 aromatic carbocycles. The fourth-order valence-corrected chi connectivity index (χ4v) is 4.82. The molecule has 2 fully saturated rings. The molecule has 1 unspecified atom stereocenters. The van der Waals surface area contributed by atoms with Crippen LogP contribution in [0.1, 0.15) is 69.8 Å². The molecule has 0 saturated heterocycles. The third kappa shape index (κ3) is 3.22. The molecule has 20 heavy (non-hydrogen) atoms. The summed E-state index contributed by atoms with van der Waals surface area (Å²) in [5, 5.41) is 0.863. The van der Waals surface area contributed by atoms with E-state index in [0.717, 1.165) is 28.7 Å². The summed E-state index contributed by atoms with van der Waals surface area (Å²) < 4.78 is 0. The molecular weight excluding hydrogens is 264 g/mol. The first-order chi connectivity index (χ1) is 9.76. The topological polar surface area (TPSA) is 0 Å². The highest BCUT2D eigenvalue weighted by atomic mass is 35.5. The molecule has 1 heteroatoms. The average Bonchev–Trinajstić information content (AvgIpc) is 2.48. The minimum atomic E-state index is 0.788. The standard InChI is InChI=1S/C19H27Cl/c1-2-3-14-4-5-18-13-17(7-6-16(18)12-14)15-8-10-19(20)11-9-15/h8-11,14,16-18H,2-7,12-13H2,1H3/t14?,16-,17-,18-/m1/s1. The van der Waals surface area contributed by atoms with Gasteiger partial charge in [-0.3, -0.25) is 0 Å². The number of hydrogen-bond acceptors (Lipinski definition) is 0. The molecule has 0 radical (unpaired) electrons. The highest BCUT2D eigenvalue weighted by Crippen LogP contribution is 2.48. The molecule has 1 aromatic rings. The van der Waals surface area contributed by atoms with Gasteiger partial charge >= 0.3 is 0 Å². The van der Waals surface area contributed by atoms with Gasteiger partial charge in [-0.2, -0.15) is 0 Å². The van der Waals surface area contributed by atoms with E-state index in [9.17, 15) is 0 Å². The van der Waals surface area contributed by atoms with E-state index in [1.807, 2.05) is 0 Å². The summed E-state index contributed by atoms with van der Waals surface area (Å²) in [7, 11) is 0. The van der Waals surface area contributed by atoms with E-state index in [1.165, 1.54) is 56.9 Å². The maximum absolute atomic E-state index is 6.01. The molecule has 3 rings (SSSR count). The predicted molar refractivity (Wildman–Crippen MR) is 87.3 cm³/mol. The van der Waals surface area contributed by atoms with Gasteiger partial charge in [0.25, 0.3) is 0 Å². The van der Waals surface area contributed by atoms with Crippen LogP contribution in [0.25, 0.3) is 0 Å². The summed E-state index contributed by atoms with van der Waals surface area (Å²) in [6, 6.07) is 8.61. The Morgan fingerprint density at radius 1 is 0.950 bits per heavy atom. The van der Waals surface area contributed by atoms with Crippen LogP contribution in [0, 0.1) is 17.8 Å². The highest BCUT2D eigenvalue weighted by Gasteiger charge is 2.35. The van der Waals surface area contributed by atoms with Crippen LogP contribution in [-0.4, -0.2) is 0 Å². The molecule has 2 saturated carbocycles. The van der Waals surface area contributed by atoms with Crippen LogP contribution < -0.4 is 0 Å². The van der Waals surface area contributed by atoms with Gasteiger partial charge in [-0.05, 0) is 73.5 Å². The summed E-state index contributed by atoms with van der Waals surface area (Å²) in [6.07, 6.45) is 11.6. The van der Waals surface area contributed by atoms with Crippen LogP contribution in [0.4, 0.5) is 0 Å². The normalized spacial score (nSPS) is 33.7. The number of benzene rings is 1. The lowest BCUT2D eigenvalue weighted by atomic mass is 9.63. The fourth-order valence-electron chi connectivity index (χ4n) is 4.69. The summed E-state index contributed by atoms with van der Waals surface area (Å²) in [5.41, 5.74) is 1.52. The zero-order valence-electron chi connectivity index (χ0n) is 12.7. The van der Waals surface area contributed by atoms with E-state index in [2.05, 4.69) is 31.2 Å². The second-order valence-electron chi connectivity index (χ2n) is 7.05. The molecule has 0 N–H and O–H groups in total. The van der Waals surface area contributed by atoms with E-state index in [4.69, 9.17) is 11.6 Å². The van der Waals surface area contributed by atoms with Crippen molar-refractivity contribution in [1.29, 1.82) is 0 Å². The third-order valence-electron chi connectivity index (χ3n) is 5.76. The van der Waals surface area contributed by atoms with Crippen molar-refractivity contribution in [2.45, 2.75) is 64.2 Å². The van der Waals surface area contributed by atoms with Crippen molar-refractivity contribution in [3.63, 3.8) is 0 Å². The molecular formula is C19H27Cl. The second-order valence-corrected chi connectivity index (χ2v) is 7.49. The van der Waals surface area contributed by atoms with Crippen molar-refractivity contribution in [3.05, 3.63) is 34.9 Å². The molecule has 2 aliphatic rings. The minimum Gasteiger partial charge on any atom is -0.0843 e. The number of halogens is 1. The average molecular weight is 291 g/mol. The fraction of sp³-hybridized carbons (Fsp3) is 0.684. The van der Waals surface area contributed by atoms with Crippen molar-refractivity contribution < 1.29 is 0 Å². The van der Waals surface area contributed by atoms with Crippen LogP contribution >= 0.6 is 11.6 Å². The van der Waals surface area contributed by atoms with E-state index >= 15 is 0 Å². The quantitative estimate of drug-likeness (QED) is 0.601. The van der Waals surface area contributed by atoms with Gasteiger partial charge in [-0.15, -0.1) is 0 Å². The first kappa shape index (κ1) is 14.4.